The van der Waals surface area contributed by atoms with Crippen LogP contribution in [-0.4, -0.2) is 42.8 Å². The molecule has 2 atom stereocenters. The molecule has 0 aromatic rings. The van der Waals surface area contributed by atoms with E-state index in [1.165, 1.54) is 0 Å². The summed E-state index contributed by atoms with van der Waals surface area (Å²) in [6, 6.07) is 0. The van der Waals surface area contributed by atoms with Gasteiger partial charge in [0.1, 0.15) is 0 Å². The minimum absolute atomic E-state index is 1.71. The highest BCUT2D eigenvalue weighted by atomic mass is 19.3. The van der Waals surface area contributed by atoms with Crippen LogP contribution in [0.3, 0.4) is 0 Å². The van der Waals surface area contributed by atoms with Gasteiger partial charge in [0.25, 0.3) is 11.8 Å². The van der Waals surface area contributed by atoms with Crippen molar-refractivity contribution in [3.05, 3.63) is 0 Å². The van der Waals surface area contributed by atoms with Gasteiger partial charge < -0.3 is 4.74 Å². The fourth-order valence-corrected chi connectivity index (χ4v) is 1.62. The molecule has 0 spiro atoms. The third-order valence-electron chi connectivity index (χ3n) is 2.88. The summed E-state index contributed by atoms with van der Waals surface area (Å²) in [5.74, 6) is -9.30. The van der Waals surface area contributed by atoms with E-state index in [-0.39, 0.29) is 0 Å². The molecule has 120 valence electrons. The first-order valence-corrected chi connectivity index (χ1v) is 5.15. The Labute approximate surface area is 105 Å². The number of hydrogen-bond donors (Lipinski definition) is 0. The second-order valence-electron chi connectivity index (χ2n) is 4.34. The van der Waals surface area contributed by atoms with Crippen molar-refractivity contribution in [2.75, 3.05) is 6.61 Å². The Morgan fingerprint density at radius 3 is 2.00 bits per heavy atom. The van der Waals surface area contributed by atoms with Crippen molar-refractivity contribution in [1.29, 1.82) is 0 Å². The van der Waals surface area contributed by atoms with Crippen molar-refractivity contribution in [1.82, 2.24) is 0 Å². The maximum absolute atomic E-state index is 13.7. The zero-order valence-electron chi connectivity index (χ0n) is 9.46. The van der Waals surface area contributed by atoms with Crippen LogP contribution in [0.25, 0.3) is 0 Å². The zero-order chi connectivity index (χ0) is 16.0. The second-order valence-corrected chi connectivity index (χ2v) is 4.34. The SMILES string of the molecule is FC(F)C(F)(F)OCC1(F)C(F)C(F)(F)CCC1(F)F. The van der Waals surface area contributed by atoms with Gasteiger partial charge in [-0.3, -0.25) is 0 Å². The number of alkyl halides is 10. The molecule has 0 radical (unpaired) electrons. The maximum Gasteiger partial charge on any atom is 0.416 e. The highest BCUT2D eigenvalue weighted by Crippen LogP contribution is 2.52. The Bertz CT molecular complexity index is 357. The number of ether oxygens (including phenoxy) is 1. The summed E-state index contributed by atoms with van der Waals surface area (Å²) in [7, 11) is 0. The lowest BCUT2D eigenvalue weighted by Crippen LogP contribution is -2.64. The van der Waals surface area contributed by atoms with Gasteiger partial charge in [-0.25, -0.2) is 35.1 Å². The molecule has 0 saturated heterocycles. The number of hydrogen-bond acceptors (Lipinski definition) is 1. The molecule has 1 saturated carbocycles. The topological polar surface area (TPSA) is 9.23 Å². The van der Waals surface area contributed by atoms with E-state index >= 15 is 0 Å². The molecule has 11 heteroatoms. The second kappa shape index (κ2) is 4.92. The predicted molar refractivity (Wildman–Crippen MR) is 44.8 cm³/mol. The Morgan fingerprint density at radius 1 is 1.05 bits per heavy atom. The fraction of sp³-hybridized carbons (Fsp3) is 1.00. The van der Waals surface area contributed by atoms with E-state index in [1.807, 2.05) is 0 Å². The van der Waals surface area contributed by atoms with Crippen molar-refractivity contribution in [3.63, 3.8) is 0 Å². The molecule has 2 unspecified atom stereocenters. The minimum atomic E-state index is -5.36. The Balaban J connectivity index is 2.97. The van der Waals surface area contributed by atoms with E-state index in [4.69, 9.17) is 0 Å². The number of rotatable bonds is 4. The Kier molecular flexibility index (Phi) is 4.26. The predicted octanol–water partition coefficient (Wildman–Crippen LogP) is 3.97. The van der Waals surface area contributed by atoms with E-state index in [0.29, 0.717) is 0 Å². The standard InChI is InChI=1S/C9H8F10O/c10-4-6(13,3-20-9(18,19)5(11)12)8(16,17)2-1-7(4,14)15/h4-5H,1-3H2. The average molecular weight is 322 g/mol. The van der Waals surface area contributed by atoms with Gasteiger partial charge in [0.15, 0.2) is 0 Å². The van der Waals surface area contributed by atoms with Gasteiger partial charge in [0.05, 0.1) is 6.61 Å². The lowest BCUT2D eigenvalue weighted by atomic mass is 9.79. The first-order chi connectivity index (χ1) is 8.76. The molecule has 20 heavy (non-hydrogen) atoms. The smallest absolute Gasteiger partial charge is 0.312 e. The summed E-state index contributed by atoms with van der Waals surface area (Å²) >= 11 is 0. The van der Waals surface area contributed by atoms with Crippen LogP contribution in [0.4, 0.5) is 43.9 Å². The summed E-state index contributed by atoms with van der Waals surface area (Å²) in [5.41, 5.74) is -4.83. The van der Waals surface area contributed by atoms with Crippen molar-refractivity contribution < 1.29 is 48.6 Å². The van der Waals surface area contributed by atoms with E-state index in [0.717, 1.165) is 0 Å². The summed E-state index contributed by atoms with van der Waals surface area (Å²) in [6.45, 7) is -2.63. The lowest BCUT2D eigenvalue weighted by Gasteiger charge is -2.43. The molecule has 1 fully saturated rings. The molecule has 1 nitrogen and oxygen atoms in total. The lowest BCUT2D eigenvalue weighted by molar-refractivity contribution is -0.340. The van der Waals surface area contributed by atoms with Crippen LogP contribution in [0.15, 0.2) is 0 Å². The van der Waals surface area contributed by atoms with Gasteiger partial charge in [-0.15, -0.1) is 0 Å². The third kappa shape index (κ3) is 2.82. The molecule has 1 rings (SSSR count). The molecule has 0 bridgehead atoms. The summed E-state index contributed by atoms with van der Waals surface area (Å²) < 4.78 is 130. The normalized spacial score (nSPS) is 33.5. The fourth-order valence-electron chi connectivity index (χ4n) is 1.62. The van der Waals surface area contributed by atoms with Crippen LogP contribution in [-0.2, 0) is 4.74 Å². The third-order valence-corrected chi connectivity index (χ3v) is 2.88. The van der Waals surface area contributed by atoms with Gasteiger partial charge in [-0.1, -0.05) is 0 Å². The van der Waals surface area contributed by atoms with Crippen LogP contribution in [0, 0.1) is 0 Å². The van der Waals surface area contributed by atoms with Gasteiger partial charge in [0.2, 0.25) is 11.8 Å². The van der Waals surface area contributed by atoms with Gasteiger partial charge >= 0.3 is 12.5 Å². The van der Waals surface area contributed by atoms with Crippen LogP contribution in [0.1, 0.15) is 12.8 Å². The number of halogens is 10. The van der Waals surface area contributed by atoms with E-state index in [2.05, 4.69) is 4.74 Å². The Hall–Kier alpha value is -0.740. The zero-order valence-corrected chi connectivity index (χ0v) is 9.46. The Morgan fingerprint density at radius 2 is 1.55 bits per heavy atom. The molecule has 0 aliphatic heterocycles. The van der Waals surface area contributed by atoms with Crippen LogP contribution in [0.2, 0.25) is 0 Å². The minimum Gasteiger partial charge on any atom is -0.312 e. The monoisotopic (exact) mass is 322 g/mol. The van der Waals surface area contributed by atoms with Crippen LogP contribution in [0.5, 0.6) is 0 Å². The van der Waals surface area contributed by atoms with E-state index in [9.17, 15) is 43.9 Å². The van der Waals surface area contributed by atoms with Crippen molar-refractivity contribution in [2.45, 2.75) is 49.1 Å². The molecular formula is C9H8F10O. The molecule has 0 aromatic heterocycles. The first kappa shape index (κ1) is 17.3. The first-order valence-electron chi connectivity index (χ1n) is 5.15. The van der Waals surface area contributed by atoms with Gasteiger partial charge in [-0.2, -0.15) is 8.78 Å². The van der Waals surface area contributed by atoms with Crippen molar-refractivity contribution >= 4 is 0 Å². The van der Waals surface area contributed by atoms with Gasteiger partial charge in [-0.05, 0) is 0 Å². The van der Waals surface area contributed by atoms with Crippen molar-refractivity contribution in [3.8, 4) is 0 Å². The highest BCUT2D eigenvalue weighted by Gasteiger charge is 2.71. The van der Waals surface area contributed by atoms with E-state index in [1.54, 1.807) is 0 Å². The molecule has 0 aromatic carbocycles. The quantitative estimate of drug-likeness (QED) is 0.712. The summed E-state index contributed by atoms with van der Waals surface area (Å²) in [6.07, 6.45) is -17.6. The average Bonchev–Trinajstić information content (AvgIpc) is 2.31. The molecular weight excluding hydrogens is 314 g/mol. The highest BCUT2D eigenvalue weighted by molar-refractivity contribution is 5.09. The summed E-state index contributed by atoms with van der Waals surface area (Å²) in [4.78, 5) is 0. The van der Waals surface area contributed by atoms with Crippen LogP contribution < -0.4 is 0 Å². The van der Waals surface area contributed by atoms with Gasteiger partial charge in [0, 0.05) is 12.8 Å². The largest absolute Gasteiger partial charge is 0.416 e. The summed E-state index contributed by atoms with van der Waals surface area (Å²) in [5, 5.41) is 0. The molecule has 1 aliphatic rings. The molecule has 0 amide bonds. The van der Waals surface area contributed by atoms with Crippen molar-refractivity contribution in [2.24, 2.45) is 0 Å². The van der Waals surface area contributed by atoms with E-state index < -0.39 is 55.7 Å². The molecule has 0 heterocycles. The molecule has 0 N–H and O–H groups in total. The van der Waals surface area contributed by atoms with Crippen LogP contribution >= 0.6 is 0 Å². The maximum atomic E-state index is 13.7. The molecule has 1 aliphatic carbocycles.